The van der Waals surface area contributed by atoms with E-state index in [4.69, 9.17) is 4.74 Å². The van der Waals surface area contributed by atoms with E-state index >= 15 is 0 Å². The van der Waals surface area contributed by atoms with Crippen molar-refractivity contribution in [2.75, 3.05) is 43.1 Å². The van der Waals surface area contributed by atoms with Crippen LogP contribution in [0.1, 0.15) is 6.42 Å². The zero-order valence-corrected chi connectivity index (χ0v) is 17.3. The number of anilines is 2. The first-order chi connectivity index (χ1) is 13.6. The number of imide groups is 1. The third-order valence-corrected chi connectivity index (χ3v) is 6.08. The van der Waals surface area contributed by atoms with Crippen LogP contribution in [0.4, 0.5) is 11.4 Å². The molecule has 2 aliphatic heterocycles. The van der Waals surface area contributed by atoms with Crippen LogP contribution >= 0.6 is 15.9 Å². The molecule has 2 fully saturated rings. The van der Waals surface area contributed by atoms with E-state index in [0.29, 0.717) is 5.69 Å². The maximum absolute atomic E-state index is 13.0. The van der Waals surface area contributed by atoms with Crippen molar-refractivity contribution in [3.63, 3.8) is 0 Å². The summed E-state index contributed by atoms with van der Waals surface area (Å²) >= 11 is 3.39. The summed E-state index contributed by atoms with van der Waals surface area (Å²) in [5, 5.41) is 0. The Kier molecular flexibility index (Phi) is 5.37. The Morgan fingerprint density at radius 1 is 1.04 bits per heavy atom. The van der Waals surface area contributed by atoms with E-state index in [1.54, 1.807) is 19.2 Å². The molecule has 2 aromatic rings. The number of quaternary nitrogens is 1. The van der Waals surface area contributed by atoms with Gasteiger partial charge in [0.1, 0.15) is 5.75 Å². The molecular weight excluding hydrogens is 422 g/mol. The van der Waals surface area contributed by atoms with Crippen LogP contribution in [0.25, 0.3) is 0 Å². The third-order valence-electron chi connectivity index (χ3n) is 5.56. The van der Waals surface area contributed by atoms with E-state index < -0.39 is 0 Å². The predicted octanol–water partition coefficient (Wildman–Crippen LogP) is 1.49. The molecule has 4 rings (SSSR count). The quantitative estimate of drug-likeness (QED) is 0.725. The summed E-state index contributed by atoms with van der Waals surface area (Å²) in [4.78, 5) is 30.4. The van der Waals surface area contributed by atoms with Crippen molar-refractivity contribution in [2.24, 2.45) is 0 Å². The molecule has 2 saturated heterocycles. The summed E-state index contributed by atoms with van der Waals surface area (Å²) in [7, 11) is 1.68. The molecule has 0 saturated carbocycles. The maximum Gasteiger partial charge on any atom is 0.292 e. The lowest BCUT2D eigenvalue weighted by Crippen LogP contribution is -3.19. The van der Waals surface area contributed by atoms with Gasteiger partial charge in [0.15, 0.2) is 6.04 Å². The Morgan fingerprint density at radius 3 is 2.39 bits per heavy atom. The van der Waals surface area contributed by atoms with Crippen LogP contribution in [0.5, 0.6) is 5.75 Å². The standard InChI is InChI=1S/C21H22BrN3O3/c1-28-19-5-3-2-4-17(19)23-10-12-24(13-11-23)18-14-20(26)25(21(18)27)16-8-6-15(22)7-9-16/h2-9,18H,10-14H2,1H3/p+1/t18-/m1/s1. The summed E-state index contributed by atoms with van der Waals surface area (Å²) < 4.78 is 6.39. The Morgan fingerprint density at radius 2 is 1.71 bits per heavy atom. The van der Waals surface area contributed by atoms with Crippen LogP contribution in [-0.4, -0.2) is 51.1 Å². The van der Waals surface area contributed by atoms with Crippen LogP contribution in [0.15, 0.2) is 53.0 Å². The number of piperazine rings is 1. The fourth-order valence-electron chi connectivity index (χ4n) is 4.09. The zero-order valence-electron chi connectivity index (χ0n) is 15.7. The number of methoxy groups -OCH3 is 1. The molecule has 6 nitrogen and oxygen atoms in total. The molecule has 0 spiro atoms. The van der Waals surface area contributed by atoms with Crippen LogP contribution in [0.3, 0.4) is 0 Å². The first kappa shape index (κ1) is 19.0. The van der Waals surface area contributed by atoms with Gasteiger partial charge < -0.3 is 14.5 Å². The maximum atomic E-state index is 13.0. The molecule has 28 heavy (non-hydrogen) atoms. The highest BCUT2D eigenvalue weighted by atomic mass is 79.9. The number of rotatable bonds is 4. The highest BCUT2D eigenvalue weighted by molar-refractivity contribution is 9.10. The van der Waals surface area contributed by atoms with Crippen molar-refractivity contribution in [3.8, 4) is 5.75 Å². The van der Waals surface area contributed by atoms with Crippen LogP contribution in [0, 0.1) is 0 Å². The van der Waals surface area contributed by atoms with Crippen molar-refractivity contribution in [2.45, 2.75) is 12.5 Å². The average Bonchev–Trinajstić information content (AvgIpc) is 3.03. The van der Waals surface area contributed by atoms with Gasteiger partial charge in [0.2, 0.25) is 5.91 Å². The summed E-state index contributed by atoms with van der Waals surface area (Å²) in [5.41, 5.74) is 1.72. The van der Waals surface area contributed by atoms with Crippen molar-refractivity contribution in [3.05, 3.63) is 53.0 Å². The minimum atomic E-state index is -0.295. The van der Waals surface area contributed by atoms with E-state index in [0.717, 1.165) is 42.1 Å². The molecule has 0 radical (unpaired) electrons. The van der Waals surface area contributed by atoms with E-state index in [1.807, 2.05) is 30.3 Å². The van der Waals surface area contributed by atoms with Gasteiger partial charge in [-0.1, -0.05) is 28.1 Å². The Hall–Kier alpha value is -2.38. The van der Waals surface area contributed by atoms with Gasteiger partial charge >= 0.3 is 0 Å². The largest absolute Gasteiger partial charge is 0.495 e. The van der Waals surface area contributed by atoms with E-state index in [9.17, 15) is 9.59 Å². The summed E-state index contributed by atoms with van der Waals surface area (Å²) in [6.07, 6.45) is 0.277. The molecule has 2 amide bonds. The second-order valence-corrected chi connectivity index (χ2v) is 8.03. The second kappa shape index (κ2) is 7.93. The first-order valence-electron chi connectivity index (χ1n) is 9.43. The van der Waals surface area contributed by atoms with Gasteiger partial charge in [0, 0.05) is 4.47 Å². The van der Waals surface area contributed by atoms with Gasteiger partial charge in [-0.05, 0) is 36.4 Å². The topological polar surface area (TPSA) is 54.3 Å². The van der Waals surface area contributed by atoms with Crippen LogP contribution in [0.2, 0.25) is 0 Å². The zero-order chi connectivity index (χ0) is 19.7. The molecule has 0 unspecified atom stereocenters. The Balaban J connectivity index is 1.44. The monoisotopic (exact) mass is 444 g/mol. The summed E-state index contributed by atoms with van der Waals surface area (Å²) in [6.45, 7) is 3.28. The number of nitrogens with zero attached hydrogens (tertiary/aromatic N) is 2. The van der Waals surface area contributed by atoms with Gasteiger partial charge in [0.05, 0.1) is 51.1 Å². The van der Waals surface area contributed by atoms with Gasteiger partial charge in [-0.2, -0.15) is 0 Å². The second-order valence-electron chi connectivity index (χ2n) is 7.12. The predicted molar refractivity (Wildman–Crippen MR) is 111 cm³/mol. The van der Waals surface area contributed by atoms with E-state index in [-0.39, 0.29) is 24.3 Å². The van der Waals surface area contributed by atoms with Gasteiger partial charge in [0.25, 0.3) is 5.91 Å². The number of halogens is 1. The molecule has 0 bridgehead atoms. The van der Waals surface area contributed by atoms with Gasteiger partial charge in [-0.3, -0.25) is 9.59 Å². The van der Waals surface area contributed by atoms with Crippen molar-refractivity contribution < 1.29 is 19.2 Å². The molecule has 2 aromatic carbocycles. The normalized spacial score (nSPS) is 20.7. The molecule has 0 aliphatic carbocycles. The lowest BCUT2D eigenvalue weighted by molar-refractivity contribution is -0.915. The fraction of sp³-hybridized carbons (Fsp3) is 0.333. The molecular formula is C21H23BrN3O3+. The SMILES string of the molecule is COc1ccccc1N1CC[NH+]([C@@H]2CC(=O)N(c3ccc(Br)cc3)C2=O)CC1. The molecule has 1 atom stereocenters. The van der Waals surface area contributed by atoms with Crippen molar-refractivity contribution in [1.82, 2.24) is 0 Å². The summed E-state index contributed by atoms with van der Waals surface area (Å²) in [6, 6.07) is 15.0. The minimum Gasteiger partial charge on any atom is -0.495 e. The highest BCUT2D eigenvalue weighted by Gasteiger charge is 2.46. The van der Waals surface area contributed by atoms with E-state index in [1.165, 1.54) is 9.80 Å². The molecule has 2 aliphatic rings. The number of ether oxygens (including phenoxy) is 1. The molecule has 146 valence electrons. The van der Waals surface area contributed by atoms with Gasteiger partial charge in [-0.15, -0.1) is 0 Å². The number of carbonyl (C=O) groups is 2. The first-order valence-corrected chi connectivity index (χ1v) is 10.2. The van der Waals surface area contributed by atoms with E-state index in [2.05, 4.69) is 26.9 Å². The van der Waals surface area contributed by atoms with Crippen LogP contribution < -0.4 is 19.4 Å². The number of hydrogen-bond acceptors (Lipinski definition) is 4. The molecule has 2 heterocycles. The molecule has 7 heteroatoms. The van der Waals surface area contributed by atoms with Crippen molar-refractivity contribution >= 4 is 39.1 Å². The van der Waals surface area contributed by atoms with Gasteiger partial charge in [-0.25, -0.2) is 4.90 Å². The smallest absolute Gasteiger partial charge is 0.292 e. The number of para-hydroxylation sites is 2. The minimum absolute atomic E-state index is 0.0898. The Bertz CT molecular complexity index is 879. The average molecular weight is 445 g/mol. The third kappa shape index (κ3) is 3.52. The number of nitrogens with one attached hydrogen (secondary N) is 1. The molecule has 1 N–H and O–H groups in total. The molecule has 0 aromatic heterocycles. The number of amides is 2. The number of hydrogen-bond donors (Lipinski definition) is 1. The summed E-state index contributed by atoms with van der Waals surface area (Å²) in [5.74, 6) is 0.657. The Labute approximate surface area is 172 Å². The lowest BCUT2D eigenvalue weighted by Gasteiger charge is -2.36. The van der Waals surface area contributed by atoms with Crippen molar-refractivity contribution in [1.29, 1.82) is 0 Å². The number of benzene rings is 2. The lowest BCUT2D eigenvalue weighted by atomic mass is 10.1. The van der Waals surface area contributed by atoms with Crippen LogP contribution in [-0.2, 0) is 9.59 Å². The highest BCUT2D eigenvalue weighted by Crippen LogP contribution is 2.28. The fourth-order valence-corrected chi connectivity index (χ4v) is 4.35. The number of carbonyl (C=O) groups excluding carboxylic acids is 2.